The van der Waals surface area contributed by atoms with Crippen LogP contribution in [0, 0.1) is 0 Å². The fourth-order valence-corrected chi connectivity index (χ4v) is 8.76. The molecule has 0 radical (unpaired) electrons. The molecule has 10 rings (SSSR count). The fourth-order valence-electron chi connectivity index (χ4n) is 7.41. The minimum atomic E-state index is 0.944. The van der Waals surface area contributed by atoms with Crippen molar-refractivity contribution in [2.24, 2.45) is 0 Å². The van der Waals surface area contributed by atoms with Crippen LogP contribution in [-0.4, -0.2) is 9.97 Å². The van der Waals surface area contributed by atoms with Crippen molar-refractivity contribution in [1.29, 1.82) is 0 Å². The van der Waals surface area contributed by atoms with Crippen LogP contribution in [0.2, 0.25) is 0 Å². The molecular weight excluding hydrogens is 613 g/mol. The van der Waals surface area contributed by atoms with Crippen LogP contribution in [0.3, 0.4) is 0 Å². The maximum Gasteiger partial charge on any atom is 0.0971 e. The Morgan fingerprint density at radius 2 is 0.837 bits per heavy atom. The summed E-state index contributed by atoms with van der Waals surface area (Å²) in [5, 5.41) is 7.26. The highest BCUT2D eigenvalue weighted by Crippen LogP contribution is 2.46. The summed E-state index contributed by atoms with van der Waals surface area (Å²) >= 11 is 1.90. The Morgan fingerprint density at radius 1 is 0.306 bits per heavy atom. The van der Waals surface area contributed by atoms with Gasteiger partial charge < -0.3 is 0 Å². The lowest BCUT2D eigenvalue weighted by Gasteiger charge is -2.12. The van der Waals surface area contributed by atoms with E-state index in [1.165, 1.54) is 75.5 Å². The second kappa shape index (κ2) is 11.2. The summed E-state index contributed by atoms with van der Waals surface area (Å²) < 4.78 is 2.65. The first kappa shape index (κ1) is 27.9. The predicted molar refractivity (Wildman–Crippen MR) is 209 cm³/mol. The number of rotatable bonds is 4. The molecule has 0 saturated carbocycles. The average molecular weight is 641 g/mol. The van der Waals surface area contributed by atoms with Gasteiger partial charge in [0, 0.05) is 48.9 Å². The van der Waals surface area contributed by atoms with Crippen LogP contribution < -0.4 is 0 Å². The average Bonchev–Trinajstić information content (AvgIpc) is 3.57. The Balaban J connectivity index is 1.12. The second-order valence-electron chi connectivity index (χ2n) is 12.6. The third kappa shape index (κ3) is 4.55. The summed E-state index contributed by atoms with van der Waals surface area (Å²) in [6.07, 6.45) is 3.56. The molecule has 49 heavy (non-hydrogen) atoms. The largest absolute Gasteiger partial charge is 0.252 e. The molecule has 0 aliphatic rings. The highest BCUT2D eigenvalue weighted by atomic mass is 32.1. The highest BCUT2D eigenvalue weighted by Gasteiger charge is 2.17. The highest BCUT2D eigenvalue weighted by molar-refractivity contribution is 7.26. The number of fused-ring (bicyclic) bond motifs is 9. The number of benzene rings is 8. The van der Waals surface area contributed by atoms with Gasteiger partial charge in [0.25, 0.3) is 0 Å². The van der Waals surface area contributed by atoms with Crippen molar-refractivity contribution in [2.45, 2.75) is 0 Å². The van der Waals surface area contributed by atoms with Gasteiger partial charge in [0.1, 0.15) is 0 Å². The molecule has 2 aromatic heterocycles. The lowest BCUT2D eigenvalue weighted by molar-refractivity contribution is 1.31. The van der Waals surface area contributed by atoms with Gasteiger partial charge in [-0.2, -0.15) is 0 Å². The van der Waals surface area contributed by atoms with Crippen molar-refractivity contribution in [3.8, 4) is 44.5 Å². The monoisotopic (exact) mass is 640 g/mol. The number of hydrogen-bond donors (Lipinski definition) is 0. The summed E-state index contributed by atoms with van der Waals surface area (Å²) in [6, 6.07) is 57.3. The third-order valence-electron chi connectivity index (χ3n) is 9.76. The first-order valence-electron chi connectivity index (χ1n) is 16.6. The second-order valence-corrected chi connectivity index (χ2v) is 13.6. The van der Waals surface area contributed by atoms with Crippen LogP contribution in [0.1, 0.15) is 0 Å². The summed E-state index contributed by atoms with van der Waals surface area (Å²) in [5.74, 6) is 0. The normalized spacial score (nSPS) is 11.7. The van der Waals surface area contributed by atoms with E-state index >= 15 is 0 Å². The quantitative estimate of drug-likeness (QED) is 0.179. The van der Waals surface area contributed by atoms with Gasteiger partial charge in [0.2, 0.25) is 0 Å². The molecule has 0 spiro atoms. The van der Waals surface area contributed by atoms with Gasteiger partial charge >= 0.3 is 0 Å². The molecule has 0 saturated heterocycles. The van der Waals surface area contributed by atoms with Crippen LogP contribution in [0.25, 0.3) is 97.3 Å². The van der Waals surface area contributed by atoms with Crippen LogP contribution in [0.4, 0.5) is 0 Å². The van der Waals surface area contributed by atoms with E-state index in [1.54, 1.807) is 12.4 Å². The van der Waals surface area contributed by atoms with E-state index in [4.69, 9.17) is 9.97 Å². The van der Waals surface area contributed by atoms with Gasteiger partial charge in [0.05, 0.1) is 11.0 Å². The van der Waals surface area contributed by atoms with E-state index in [1.807, 2.05) is 11.3 Å². The molecule has 8 aromatic carbocycles. The van der Waals surface area contributed by atoms with Crippen LogP contribution in [0.15, 0.2) is 170 Å². The van der Waals surface area contributed by atoms with E-state index in [-0.39, 0.29) is 0 Å². The molecular formula is C46H28N2S. The SMILES string of the molecule is c1ccc(-c2cccc3c2sc2c(-c4ccccc4)cc(-c4ccc(-c5ccc6c(c5)c5ccccc5c5nccnc65)cc4)cc23)cc1. The van der Waals surface area contributed by atoms with E-state index in [0.29, 0.717) is 0 Å². The van der Waals surface area contributed by atoms with Crippen LogP contribution >= 0.6 is 11.3 Å². The van der Waals surface area contributed by atoms with E-state index in [9.17, 15) is 0 Å². The lowest BCUT2D eigenvalue weighted by atomic mass is 9.93. The molecule has 0 atom stereocenters. The summed E-state index contributed by atoms with van der Waals surface area (Å²) in [6.45, 7) is 0. The van der Waals surface area contributed by atoms with E-state index in [0.717, 1.165) is 21.8 Å². The molecule has 0 aliphatic heterocycles. The van der Waals surface area contributed by atoms with Crippen LogP contribution in [0.5, 0.6) is 0 Å². The van der Waals surface area contributed by atoms with E-state index in [2.05, 4.69) is 158 Å². The van der Waals surface area contributed by atoms with Gasteiger partial charge in [-0.1, -0.05) is 140 Å². The Labute approximate surface area is 287 Å². The molecule has 0 aliphatic carbocycles. The number of nitrogens with zero attached hydrogens (tertiary/aromatic N) is 2. The lowest BCUT2D eigenvalue weighted by Crippen LogP contribution is -1.89. The Bertz CT molecular complexity index is 2820. The van der Waals surface area contributed by atoms with Crippen LogP contribution in [-0.2, 0) is 0 Å². The minimum absolute atomic E-state index is 0.944. The van der Waals surface area contributed by atoms with Gasteiger partial charge in [-0.05, 0) is 67.9 Å². The molecule has 2 nitrogen and oxygen atoms in total. The third-order valence-corrected chi connectivity index (χ3v) is 11.1. The summed E-state index contributed by atoms with van der Waals surface area (Å²) in [5.41, 5.74) is 11.7. The topological polar surface area (TPSA) is 25.8 Å². The molecule has 0 bridgehead atoms. The Hall–Kier alpha value is -6.16. The van der Waals surface area contributed by atoms with E-state index < -0.39 is 0 Å². The first-order valence-corrected chi connectivity index (χ1v) is 17.4. The smallest absolute Gasteiger partial charge is 0.0971 e. The van der Waals surface area contributed by atoms with Crippen molar-refractivity contribution < 1.29 is 0 Å². The summed E-state index contributed by atoms with van der Waals surface area (Å²) in [4.78, 5) is 9.42. The maximum absolute atomic E-state index is 4.73. The van der Waals surface area contributed by atoms with Gasteiger partial charge in [-0.15, -0.1) is 11.3 Å². The van der Waals surface area contributed by atoms with Crippen molar-refractivity contribution in [3.05, 3.63) is 170 Å². The molecule has 2 heterocycles. The maximum atomic E-state index is 4.73. The zero-order valence-corrected chi connectivity index (χ0v) is 27.3. The summed E-state index contributed by atoms with van der Waals surface area (Å²) in [7, 11) is 0. The van der Waals surface area contributed by atoms with Crippen molar-refractivity contribution in [2.75, 3.05) is 0 Å². The molecule has 0 amide bonds. The van der Waals surface area contributed by atoms with Gasteiger partial charge in [-0.3, -0.25) is 9.97 Å². The van der Waals surface area contributed by atoms with Crippen molar-refractivity contribution in [1.82, 2.24) is 9.97 Å². The zero-order valence-electron chi connectivity index (χ0n) is 26.5. The predicted octanol–water partition coefficient (Wildman–Crippen LogP) is 13.0. The number of hydrogen-bond acceptors (Lipinski definition) is 3. The Kier molecular flexibility index (Phi) is 6.39. The number of thiophene rings is 1. The number of aromatic nitrogens is 2. The Morgan fingerprint density at radius 3 is 1.55 bits per heavy atom. The molecule has 10 aromatic rings. The first-order chi connectivity index (χ1) is 24.3. The minimum Gasteiger partial charge on any atom is -0.252 e. The van der Waals surface area contributed by atoms with Gasteiger partial charge in [0.15, 0.2) is 0 Å². The molecule has 0 fully saturated rings. The van der Waals surface area contributed by atoms with Crippen molar-refractivity contribution in [3.63, 3.8) is 0 Å². The van der Waals surface area contributed by atoms with Crippen molar-refractivity contribution >= 4 is 64.1 Å². The molecule has 228 valence electrons. The fraction of sp³-hybridized carbons (Fsp3) is 0. The standard InChI is InChI=1S/C46H28N2S/c1-3-10-31(11-4-1)35-16-9-17-39-42-28-34(27-40(46(42)49-45(35)39)32-12-5-2-6-13-32)30-20-18-29(19-21-30)33-22-23-38-41(26-33)36-14-7-8-15-37(36)43-44(38)48-25-24-47-43/h1-28H. The van der Waals surface area contributed by atoms with Gasteiger partial charge in [-0.25, -0.2) is 0 Å². The molecule has 3 heteroatoms. The molecule has 0 N–H and O–H groups in total. The zero-order chi connectivity index (χ0) is 32.3. The molecule has 0 unspecified atom stereocenters.